The van der Waals surface area contributed by atoms with Gasteiger partial charge in [-0.05, 0) is 81.0 Å². The van der Waals surface area contributed by atoms with E-state index in [4.69, 9.17) is 5.73 Å². The van der Waals surface area contributed by atoms with E-state index >= 15 is 0 Å². The number of carbonyl (C=O) groups excluding carboxylic acids is 1. The second-order valence-electron chi connectivity index (χ2n) is 6.59. The van der Waals surface area contributed by atoms with Crippen LogP contribution in [0.4, 0.5) is 5.69 Å². The van der Waals surface area contributed by atoms with Gasteiger partial charge in [0, 0.05) is 11.6 Å². The van der Waals surface area contributed by atoms with Crippen LogP contribution in [0.1, 0.15) is 49.7 Å². The van der Waals surface area contributed by atoms with Gasteiger partial charge in [0.1, 0.15) is 0 Å². The molecular weight excluding hydrogens is 260 g/mol. The third-order valence-electron chi connectivity index (χ3n) is 5.20. The molecule has 3 N–H and O–H groups in total. The fourth-order valence-corrected chi connectivity index (χ4v) is 3.79. The summed E-state index contributed by atoms with van der Waals surface area (Å²) in [6, 6.07) is 6.34. The van der Waals surface area contributed by atoms with Crippen molar-refractivity contribution in [2.24, 2.45) is 17.6 Å². The first-order chi connectivity index (χ1) is 10.3. The van der Waals surface area contributed by atoms with Crippen molar-refractivity contribution in [1.82, 2.24) is 0 Å². The highest BCUT2D eigenvalue weighted by molar-refractivity contribution is 5.93. The number of nitrogens with one attached hydrogen (secondary N) is 1. The summed E-state index contributed by atoms with van der Waals surface area (Å²) in [6.45, 7) is 0.764. The zero-order valence-corrected chi connectivity index (χ0v) is 12.7. The lowest BCUT2D eigenvalue weighted by atomic mass is 9.81. The molecular formula is C18H26N2O. The van der Waals surface area contributed by atoms with Crippen LogP contribution >= 0.6 is 0 Å². The van der Waals surface area contributed by atoms with Gasteiger partial charge in [-0.1, -0.05) is 12.1 Å². The molecule has 0 unspecified atom stereocenters. The zero-order valence-electron chi connectivity index (χ0n) is 12.7. The van der Waals surface area contributed by atoms with Gasteiger partial charge >= 0.3 is 0 Å². The maximum Gasteiger partial charge on any atom is 0.227 e. The molecule has 2 aliphatic rings. The molecule has 21 heavy (non-hydrogen) atoms. The van der Waals surface area contributed by atoms with Crippen LogP contribution < -0.4 is 11.1 Å². The lowest BCUT2D eigenvalue weighted by molar-refractivity contribution is -0.121. The van der Waals surface area contributed by atoms with Gasteiger partial charge in [0.15, 0.2) is 0 Å². The number of benzene rings is 1. The van der Waals surface area contributed by atoms with Gasteiger partial charge in [0.2, 0.25) is 5.91 Å². The van der Waals surface area contributed by atoms with E-state index in [0.717, 1.165) is 50.8 Å². The Morgan fingerprint density at radius 2 is 1.90 bits per heavy atom. The van der Waals surface area contributed by atoms with Gasteiger partial charge < -0.3 is 11.1 Å². The van der Waals surface area contributed by atoms with Crippen LogP contribution in [0, 0.1) is 11.8 Å². The van der Waals surface area contributed by atoms with Crippen molar-refractivity contribution in [1.29, 1.82) is 0 Å². The molecule has 2 aliphatic carbocycles. The van der Waals surface area contributed by atoms with Crippen LogP contribution in [0.2, 0.25) is 0 Å². The second kappa shape index (κ2) is 6.61. The first-order valence-electron chi connectivity index (χ1n) is 8.39. The van der Waals surface area contributed by atoms with Crippen LogP contribution in [0.3, 0.4) is 0 Å². The third kappa shape index (κ3) is 3.29. The molecule has 0 aromatic heterocycles. The minimum absolute atomic E-state index is 0.173. The fourth-order valence-electron chi connectivity index (χ4n) is 3.79. The van der Waals surface area contributed by atoms with Gasteiger partial charge in [-0.3, -0.25) is 4.79 Å². The maximum absolute atomic E-state index is 12.5. The summed E-state index contributed by atoms with van der Waals surface area (Å²) < 4.78 is 0. The number of anilines is 1. The summed E-state index contributed by atoms with van der Waals surface area (Å²) in [6.07, 6.45) is 8.94. The second-order valence-corrected chi connectivity index (χ2v) is 6.59. The number of fused-ring (bicyclic) bond motifs is 1. The van der Waals surface area contributed by atoms with E-state index in [1.54, 1.807) is 0 Å². The molecule has 1 saturated carbocycles. The van der Waals surface area contributed by atoms with Crippen molar-refractivity contribution in [2.75, 3.05) is 11.9 Å². The number of aryl methyl sites for hydroxylation is 1. The number of carbonyl (C=O) groups is 1. The predicted octanol–water partition coefficient (Wildman–Crippen LogP) is 3.27. The monoisotopic (exact) mass is 286 g/mol. The Kier molecular flexibility index (Phi) is 4.59. The van der Waals surface area contributed by atoms with Crippen LogP contribution in [-0.4, -0.2) is 12.5 Å². The van der Waals surface area contributed by atoms with Crippen molar-refractivity contribution < 1.29 is 4.79 Å². The van der Waals surface area contributed by atoms with E-state index in [9.17, 15) is 4.79 Å². The number of hydrogen-bond acceptors (Lipinski definition) is 2. The Bertz CT molecular complexity index is 504. The van der Waals surface area contributed by atoms with Crippen molar-refractivity contribution in [3.05, 3.63) is 29.3 Å². The molecule has 0 atom stereocenters. The normalized spacial score (nSPS) is 25.2. The molecule has 0 aliphatic heterocycles. The molecule has 1 aromatic carbocycles. The van der Waals surface area contributed by atoms with E-state index in [1.165, 1.54) is 24.0 Å². The highest BCUT2D eigenvalue weighted by Gasteiger charge is 2.26. The molecule has 0 bridgehead atoms. The number of rotatable bonds is 3. The Labute approximate surface area is 127 Å². The van der Waals surface area contributed by atoms with Crippen LogP contribution in [0.15, 0.2) is 18.2 Å². The smallest absolute Gasteiger partial charge is 0.227 e. The molecule has 1 amide bonds. The highest BCUT2D eigenvalue weighted by Crippen LogP contribution is 2.31. The van der Waals surface area contributed by atoms with E-state index in [1.807, 2.05) is 0 Å². The lowest BCUT2D eigenvalue weighted by Crippen LogP contribution is -2.29. The first-order valence-corrected chi connectivity index (χ1v) is 8.39. The molecule has 0 spiro atoms. The number of hydrogen-bond donors (Lipinski definition) is 2. The fraction of sp³-hybridized carbons (Fsp3) is 0.611. The SMILES string of the molecule is NCC1CCC(C(=O)Nc2cccc3c2CCCC3)CC1. The number of amides is 1. The van der Waals surface area contributed by atoms with Crippen molar-refractivity contribution in [3.63, 3.8) is 0 Å². The standard InChI is InChI=1S/C18H26N2O/c19-12-13-8-10-15(11-9-13)18(21)20-17-7-3-5-14-4-1-2-6-16(14)17/h3,5,7,13,15H,1-2,4,6,8-12,19H2,(H,20,21). The Balaban J connectivity index is 1.65. The predicted molar refractivity (Wildman–Crippen MR) is 86.2 cm³/mol. The first kappa shape index (κ1) is 14.6. The topological polar surface area (TPSA) is 55.1 Å². The van der Waals surface area contributed by atoms with E-state index in [-0.39, 0.29) is 11.8 Å². The third-order valence-corrected chi connectivity index (χ3v) is 5.20. The minimum Gasteiger partial charge on any atom is -0.330 e. The highest BCUT2D eigenvalue weighted by atomic mass is 16.1. The van der Waals surface area contributed by atoms with Crippen LogP contribution in [0.25, 0.3) is 0 Å². The largest absolute Gasteiger partial charge is 0.330 e. The summed E-state index contributed by atoms with van der Waals surface area (Å²) in [5.74, 6) is 1.01. The van der Waals surface area contributed by atoms with E-state index < -0.39 is 0 Å². The van der Waals surface area contributed by atoms with Gasteiger partial charge in [0.05, 0.1) is 0 Å². The molecule has 3 nitrogen and oxygen atoms in total. The zero-order chi connectivity index (χ0) is 14.7. The quantitative estimate of drug-likeness (QED) is 0.896. The summed E-state index contributed by atoms with van der Waals surface area (Å²) in [4.78, 5) is 12.5. The van der Waals surface area contributed by atoms with Crippen LogP contribution in [0.5, 0.6) is 0 Å². The van der Waals surface area contributed by atoms with Gasteiger partial charge in [0.25, 0.3) is 0 Å². The molecule has 0 radical (unpaired) electrons. The van der Waals surface area contributed by atoms with Gasteiger partial charge in [-0.15, -0.1) is 0 Å². The van der Waals surface area contributed by atoms with Crippen molar-refractivity contribution >= 4 is 11.6 Å². The molecule has 0 saturated heterocycles. The maximum atomic E-state index is 12.5. The van der Waals surface area contributed by atoms with Gasteiger partial charge in [-0.25, -0.2) is 0 Å². The summed E-state index contributed by atoms with van der Waals surface area (Å²) in [7, 11) is 0. The lowest BCUT2D eigenvalue weighted by Gasteiger charge is -2.27. The average Bonchev–Trinajstić information content (AvgIpc) is 2.55. The molecule has 3 rings (SSSR count). The Morgan fingerprint density at radius 1 is 1.14 bits per heavy atom. The molecule has 1 fully saturated rings. The molecule has 0 heterocycles. The molecule has 114 valence electrons. The molecule has 3 heteroatoms. The van der Waals surface area contributed by atoms with Crippen molar-refractivity contribution in [2.45, 2.75) is 51.4 Å². The summed E-state index contributed by atoms with van der Waals surface area (Å²) in [5.41, 5.74) is 9.57. The summed E-state index contributed by atoms with van der Waals surface area (Å²) in [5, 5.41) is 3.20. The number of nitrogens with two attached hydrogens (primary N) is 1. The Hall–Kier alpha value is -1.35. The van der Waals surface area contributed by atoms with Crippen LogP contribution in [-0.2, 0) is 17.6 Å². The molecule has 1 aromatic rings. The summed E-state index contributed by atoms with van der Waals surface area (Å²) >= 11 is 0. The van der Waals surface area contributed by atoms with Gasteiger partial charge in [-0.2, -0.15) is 0 Å². The average molecular weight is 286 g/mol. The Morgan fingerprint density at radius 3 is 2.67 bits per heavy atom. The van der Waals surface area contributed by atoms with E-state index in [0.29, 0.717) is 5.92 Å². The van der Waals surface area contributed by atoms with Crippen molar-refractivity contribution in [3.8, 4) is 0 Å². The minimum atomic E-state index is 0.173. The van der Waals surface area contributed by atoms with E-state index in [2.05, 4.69) is 23.5 Å².